The monoisotopic (exact) mass is 203 g/mol. The molecule has 1 aliphatic heterocycles. The SMILES string of the molecule is CCCCCCC1CNc2ccccc21. The lowest BCUT2D eigenvalue weighted by Crippen LogP contribution is -2.01. The van der Waals surface area contributed by atoms with Gasteiger partial charge in [0.15, 0.2) is 0 Å². The van der Waals surface area contributed by atoms with Gasteiger partial charge in [-0.15, -0.1) is 0 Å². The van der Waals surface area contributed by atoms with E-state index in [1.165, 1.54) is 43.4 Å². The van der Waals surface area contributed by atoms with Crippen LogP contribution in [-0.4, -0.2) is 6.54 Å². The summed E-state index contributed by atoms with van der Waals surface area (Å²) < 4.78 is 0. The van der Waals surface area contributed by atoms with Gasteiger partial charge in [-0.2, -0.15) is 0 Å². The first-order valence-electron chi connectivity index (χ1n) is 6.24. The number of nitrogens with one attached hydrogen (secondary N) is 1. The summed E-state index contributed by atoms with van der Waals surface area (Å²) in [5.41, 5.74) is 2.90. The molecule has 0 saturated heterocycles. The van der Waals surface area contributed by atoms with Gasteiger partial charge in [-0.05, 0) is 18.1 Å². The molecule has 0 bridgehead atoms. The first-order chi connectivity index (χ1) is 7.42. The van der Waals surface area contributed by atoms with Crippen molar-refractivity contribution in [1.29, 1.82) is 0 Å². The maximum atomic E-state index is 3.49. The fourth-order valence-corrected chi connectivity index (χ4v) is 2.43. The van der Waals surface area contributed by atoms with Crippen molar-refractivity contribution in [2.45, 2.75) is 44.9 Å². The minimum absolute atomic E-state index is 0.762. The van der Waals surface area contributed by atoms with E-state index < -0.39 is 0 Å². The van der Waals surface area contributed by atoms with Gasteiger partial charge in [0.1, 0.15) is 0 Å². The molecule has 1 atom stereocenters. The van der Waals surface area contributed by atoms with Crippen LogP contribution in [0.25, 0.3) is 0 Å². The molecule has 15 heavy (non-hydrogen) atoms. The highest BCUT2D eigenvalue weighted by atomic mass is 14.9. The van der Waals surface area contributed by atoms with Gasteiger partial charge in [0.2, 0.25) is 0 Å². The van der Waals surface area contributed by atoms with Gasteiger partial charge in [-0.1, -0.05) is 50.8 Å². The van der Waals surface area contributed by atoms with E-state index in [1.807, 2.05) is 0 Å². The zero-order valence-corrected chi connectivity index (χ0v) is 9.63. The number of anilines is 1. The molecular weight excluding hydrogens is 182 g/mol. The summed E-state index contributed by atoms with van der Waals surface area (Å²) in [7, 11) is 0. The highest BCUT2D eigenvalue weighted by Gasteiger charge is 2.20. The number of para-hydroxylation sites is 1. The van der Waals surface area contributed by atoms with Gasteiger partial charge in [0.05, 0.1) is 0 Å². The molecule has 0 spiro atoms. The number of rotatable bonds is 5. The Balaban J connectivity index is 1.85. The molecular formula is C14H21N. The van der Waals surface area contributed by atoms with E-state index in [0.717, 1.165) is 12.5 Å². The molecule has 0 aliphatic carbocycles. The quantitative estimate of drug-likeness (QED) is 0.708. The van der Waals surface area contributed by atoms with Crippen LogP contribution in [0.1, 0.15) is 50.5 Å². The predicted octanol–water partition coefficient (Wildman–Crippen LogP) is 4.17. The Morgan fingerprint density at radius 1 is 1.20 bits per heavy atom. The second kappa shape index (κ2) is 5.20. The Morgan fingerprint density at radius 3 is 2.93 bits per heavy atom. The average Bonchev–Trinajstić information content (AvgIpc) is 2.68. The molecule has 82 valence electrons. The summed E-state index contributed by atoms with van der Waals surface area (Å²) in [4.78, 5) is 0. The lowest BCUT2D eigenvalue weighted by molar-refractivity contribution is 0.578. The Labute approximate surface area is 92.9 Å². The second-order valence-corrected chi connectivity index (χ2v) is 4.51. The Bertz CT molecular complexity index is 306. The number of benzene rings is 1. The van der Waals surface area contributed by atoms with Crippen molar-refractivity contribution >= 4 is 5.69 Å². The van der Waals surface area contributed by atoms with Crippen LogP contribution in [-0.2, 0) is 0 Å². The highest BCUT2D eigenvalue weighted by Crippen LogP contribution is 2.34. The van der Waals surface area contributed by atoms with E-state index in [2.05, 4.69) is 36.5 Å². The molecule has 1 N–H and O–H groups in total. The van der Waals surface area contributed by atoms with Crippen molar-refractivity contribution in [3.8, 4) is 0 Å². The van der Waals surface area contributed by atoms with Crippen LogP contribution in [0.4, 0.5) is 5.69 Å². The molecule has 1 aliphatic rings. The topological polar surface area (TPSA) is 12.0 Å². The summed E-state index contributed by atoms with van der Waals surface area (Å²) in [6.45, 7) is 3.41. The Kier molecular flexibility index (Phi) is 3.65. The van der Waals surface area contributed by atoms with Gasteiger partial charge in [-0.25, -0.2) is 0 Å². The molecule has 1 heterocycles. The molecule has 1 heteroatoms. The van der Waals surface area contributed by atoms with Crippen LogP contribution >= 0.6 is 0 Å². The third-order valence-corrected chi connectivity index (χ3v) is 3.35. The van der Waals surface area contributed by atoms with E-state index >= 15 is 0 Å². The van der Waals surface area contributed by atoms with E-state index in [9.17, 15) is 0 Å². The molecule has 1 unspecified atom stereocenters. The maximum absolute atomic E-state index is 3.49. The second-order valence-electron chi connectivity index (χ2n) is 4.51. The number of unbranched alkanes of at least 4 members (excludes halogenated alkanes) is 3. The smallest absolute Gasteiger partial charge is 0.0376 e. The lowest BCUT2D eigenvalue weighted by atomic mass is 9.95. The number of fused-ring (bicyclic) bond motifs is 1. The van der Waals surface area contributed by atoms with Crippen molar-refractivity contribution < 1.29 is 0 Å². The molecule has 1 aromatic carbocycles. The normalized spacial score (nSPS) is 18.6. The fourth-order valence-electron chi connectivity index (χ4n) is 2.43. The first kappa shape index (κ1) is 10.5. The Morgan fingerprint density at radius 2 is 2.07 bits per heavy atom. The number of hydrogen-bond acceptors (Lipinski definition) is 1. The first-order valence-corrected chi connectivity index (χ1v) is 6.24. The van der Waals surface area contributed by atoms with Gasteiger partial charge in [0.25, 0.3) is 0 Å². The molecule has 1 nitrogen and oxygen atoms in total. The van der Waals surface area contributed by atoms with E-state index in [-0.39, 0.29) is 0 Å². The molecule has 0 radical (unpaired) electrons. The molecule has 2 rings (SSSR count). The third kappa shape index (κ3) is 2.53. The Hall–Kier alpha value is -0.980. The molecule has 0 saturated carbocycles. The molecule has 1 aromatic rings. The zero-order chi connectivity index (χ0) is 10.5. The minimum atomic E-state index is 0.762. The summed E-state index contributed by atoms with van der Waals surface area (Å²) >= 11 is 0. The maximum Gasteiger partial charge on any atom is 0.0376 e. The van der Waals surface area contributed by atoms with E-state index in [4.69, 9.17) is 0 Å². The van der Waals surface area contributed by atoms with Crippen LogP contribution in [0.5, 0.6) is 0 Å². The van der Waals surface area contributed by atoms with Crippen LogP contribution < -0.4 is 5.32 Å². The van der Waals surface area contributed by atoms with Crippen molar-refractivity contribution in [3.05, 3.63) is 29.8 Å². The fraction of sp³-hybridized carbons (Fsp3) is 0.571. The standard InChI is InChI=1S/C14H21N/c1-2-3-4-5-8-12-11-15-14-10-7-6-9-13(12)14/h6-7,9-10,12,15H,2-5,8,11H2,1H3. The highest BCUT2D eigenvalue weighted by molar-refractivity contribution is 5.57. The van der Waals surface area contributed by atoms with Gasteiger partial charge in [0, 0.05) is 18.2 Å². The number of hydrogen-bond donors (Lipinski definition) is 1. The summed E-state index contributed by atoms with van der Waals surface area (Å²) in [5, 5.41) is 3.49. The zero-order valence-electron chi connectivity index (χ0n) is 9.63. The summed E-state index contributed by atoms with van der Waals surface area (Å²) in [6, 6.07) is 8.75. The molecule has 0 aromatic heterocycles. The van der Waals surface area contributed by atoms with Crippen molar-refractivity contribution in [2.24, 2.45) is 0 Å². The van der Waals surface area contributed by atoms with Crippen LogP contribution in [0, 0.1) is 0 Å². The van der Waals surface area contributed by atoms with Crippen LogP contribution in [0.15, 0.2) is 24.3 Å². The van der Waals surface area contributed by atoms with Gasteiger partial charge >= 0.3 is 0 Å². The molecule has 0 amide bonds. The predicted molar refractivity (Wildman–Crippen MR) is 66.4 cm³/mol. The van der Waals surface area contributed by atoms with Crippen molar-refractivity contribution in [2.75, 3.05) is 11.9 Å². The van der Waals surface area contributed by atoms with Gasteiger partial charge in [-0.3, -0.25) is 0 Å². The van der Waals surface area contributed by atoms with Crippen LogP contribution in [0.2, 0.25) is 0 Å². The van der Waals surface area contributed by atoms with E-state index in [0.29, 0.717) is 0 Å². The largest absolute Gasteiger partial charge is 0.384 e. The lowest BCUT2D eigenvalue weighted by Gasteiger charge is -2.09. The third-order valence-electron chi connectivity index (χ3n) is 3.35. The summed E-state index contributed by atoms with van der Waals surface area (Å²) in [5.74, 6) is 0.762. The average molecular weight is 203 g/mol. The van der Waals surface area contributed by atoms with E-state index in [1.54, 1.807) is 0 Å². The summed E-state index contributed by atoms with van der Waals surface area (Å²) in [6.07, 6.45) is 6.86. The van der Waals surface area contributed by atoms with Crippen LogP contribution in [0.3, 0.4) is 0 Å². The van der Waals surface area contributed by atoms with Gasteiger partial charge < -0.3 is 5.32 Å². The van der Waals surface area contributed by atoms with Crippen molar-refractivity contribution in [1.82, 2.24) is 0 Å². The minimum Gasteiger partial charge on any atom is -0.384 e. The molecule has 0 fully saturated rings. The van der Waals surface area contributed by atoms with Crippen molar-refractivity contribution in [3.63, 3.8) is 0 Å².